The molecule has 0 amide bonds. The van der Waals surface area contributed by atoms with Gasteiger partial charge in [0.05, 0.1) is 11.1 Å². The Kier molecular flexibility index (Phi) is 3.66. The lowest BCUT2D eigenvalue weighted by Crippen LogP contribution is -2.36. The second kappa shape index (κ2) is 6.05. The predicted molar refractivity (Wildman–Crippen MR) is 104 cm³/mol. The van der Waals surface area contributed by atoms with Gasteiger partial charge in [-0.05, 0) is 48.9 Å². The summed E-state index contributed by atoms with van der Waals surface area (Å²) in [5.74, 6) is 0. The summed E-state index contributed by atoms with van der Waals surface area (Å²) < 4.78 is 4.92. The molecular formula is C24H26N2+2. The van der Waals surface area contributed by atoms with Crippen molar-refractivity contribution in [1.82, 2.24) is 0 Å². The van der Waals surface area contributed by atoms with E-state index in [-0.39, 0.29) is 0 Å². The fourth-order valence-electron chi connectivity index (χ4n) is 4.66. The lowest BCUT2D eigenvalue weighted by molar-refractivity contribution is -0.687. The Morgan fingerprint density at radius 2 is 1.12 bits per heavy atom. The highest BCUT2D eigenvalue weighted by Gasteiger charge is 2.31. The Hall–Kier alpha value is -2.48. The van der Waals surface area contributed by atoms with E-state index in [0.29, 0.717) is 0 Å². The Morgan fingerprint density at radius 1 is 0.654 bits per heavy atom. The van der Waals surface area contributed by atoms with E-state index in [9.17, 15) is 0 Å². The van der Waals surface area contributed by atoms with E-state index < -0.39 is 0 Å². The van der Waals surface area contributed by atoms with Crippen molar-refractivity contribution in [2.75, 3.05) is 0 Å². The molecule has 130 valence electrons. The molecule has 0 saturated carbocycles. The average Bonchev–Trinajstić information content (AvgIpc) is 2.93. The third-order valence-corrected chi connectivity index (χ3v) is 5.96. The Labute approximate surface area is 155 Å². The van der Waals surface area contributed by atoms with Gasteiger partial charge in [-0.2, -0.15) is 9.13 Å². The number of aromatic nitrogens is 2. The van der Waals surface area contributed by atoms with Crippen molar-refractivity contribution < 1.29 is 9.13 Å². The second-order valence-corrected chi connectivity index (χ2v) is 7.91. The molecule has 0 radical (unpaired) electrons. The van der Waals surface area contributed by atoms with E-state index in [1.807, 2.05) is 0 Å². The van der Waals surface area contributed by atoms with Crippen LogP contribution in [-0.4, -0.2) is 0 Å². The summed E-state index contributed by atoms with van der Waals surface area (Å²) in [7, 11) is 0. The molecule has 0 fully saturated rings. The van der Waals surface area contributed by atoms with Gasteiger partial charge in [-0.3, -0.25) is 0 Å². The van der Waals surface area contributed by atoms with Gasteiger partial charge < -0.3 is 0 Å². The van der Waals surface area contributed by atoms with E-state index in [1.54, 1.807) is 0 Å². The van der Waals surface area contributed by atoms with Crippen LogP contribution in [-0.2, 0) is 25.9 Å². The zero-order chi connectivity index (χ0) is 17.7. The van der Waals surface area contributed by atoms with Gasteiger partial charge >= 0.3 is 0 Å². The van der Waals surface area contributed by atoms with Crippen molar-refractivity contribution >= 4 is 0 Å². The highest BCUT2D eigenvalue weighted by atomic mass is 15.0. The molecule has 2 nitrogen and oxygen atoms in total. The predicted octanol–water partition coefficient (Wildman–Crippen LogP) is 4.10. The van der Waals surface area contributed by atoms with Crippen LogP contribution in [0, 0.1) is 13.8 Å². The lowest BCUT2D eigenvalue weighted by atomic mass is 9.88. The molecule has 26 heavy (non-hydrogen) atoms. The Balaban J connectivity index is 1.90. The summed E-state index contributed by atoms with van der Waals surface area (Å²) >= 11 is 0. The number of pyridine rings is 2. The number of benzene rings is 1. The smallest absolute Gasteiger partial charge is 0.198 e. The summed E-state index contributed by atoms with van der Waals surface area (Å²) in [6, 6.07) is 14.0. The SMILES string of the molecule is Cc1cc[n+]2c(c1)-c1c(ccc3c1-c1cc(C)cc[n+]1CCC3)CCC2. The van der Waals surface area contributed by atoms with Crippen molar-refractivity contribution in [3.63, 3.8) is 0 Å². The lowest BCUT2D eigenvalue weighted by Gasteiger charge is -2.14. The standard InChI is InChI=1S/C24H26N2/c1-17-9-13-25-11-3-5-19-7-8-20-6-4-12-26-14-10-18(2)16-22(26)24(20)23(19)21(25)15-17/h7-10,13-16H,3-6,11-12H2,1-2H3/q+2. The topological polar surface area (TPSA) is 7.76 Å². The third kappa shape index (κ3) is 2.47. The fraction of sp³-hybridized carbons (Fsp3) is 0.333. The largest absolute Gasteiger partial charge is 0.213 e. The average molecular weight is 342 g/mol. The van der Waals surface area contributed by atoms with Crippen molar-refractivity contribution in [1.29, 1.82) is 0 Å². The molecular weight excluding hydrogens is 316 g/mol. The first-order chi connectivity index (χ1) is 12.7. The van der Waals surface area contributed by atoms with Crippen LogP contribution in [0.4, 0.5) is 0 Å². The molecule has 2 aliphatic heterocycles. The maximum absolute atomic E-state index is 2.46. The highest BCUT2D eigenvalue weighted by molar-refractivity contribution is 5.84. The first kappa shape index (κ1) is 15.7. The molecule has 0 bridgehead atoms. The molecule has 0 atom stereocenters. The van der Waals surface area contributed by atoms with Crippen LogP contribution in [0.1, 0.15) is 35.1 Å². The molecule has 5 rings (SSSR count). The third-order valence-electron chi connectivity index (χ3n) is 5.96. The molecule has 3 aromatic rings. The van der Waals surface area contributed by atoms with E-state index in [0.717, 1.165) is 25.9 Å². The monoisotopic (exact) mass is 342 g/mol. The molecule has 0 spiro atoms. The van der Waals surface area contributed by atoms with Crippen molar-refractivity contribution in [2.45, 2.75) is 52.6 Å². The first-order valence-electron chi connectivity index (χ1n) is 9.86. The van der Waals surface area contributed by atoms with Gasteiger partial charge in [-0.25, -0.2) is 0 Å². The normalized spacial score (nSPS) is 15.2. The van der Waals surface area contributed by atoms with Gasteiger partial charge in [0.1, 0.15) is 13.1 Å². The van der Waals surface area contributed by atoms with E-state index >= 15 is 0 Å². The molecule has 4 heterocycles. The van der Waals surface area contributed by atoms with Crippen LogP contribution >= 0.6 is 0 Å². The quantitative estimate of drug-likeness (QED) is 0.543. The van der Waals surface area contributed by atoms with E-state index in [1.165, 1.54) is 57.6 Å². The van der Waals surface area contributed by atoms with Gasteiger partial charge in [0, 0.05) is 37.1 Å². The van der Waals surface area contributed by atoms with E-state index in [4.69, 9.17) is 0 Å². The van der Waals surface area contributed by atoms with Gasteiger partial charge in [-0.1, -0.05) is 12.1 Å². The molecule has 2 aliphatic rings. The van der Waals surface area contributed by atoms with Crippen LogP contribution in [0.25, 0.3) is 22.5 Å². The van der Waals surface area contributed by atoms with Crippen LogP contribution in [0.5, 0.6) is 0 Å². The maximum Gasteiger partial charge on any atom is 0.213 e. The minimum absolute atomic E-state index is 1.10. The van der Waals surface area contributed by atoms with Gasteiger partial charge in [0.2, 0.25) is 11.4 Å². The molecule has 2 aromatic heterocycles. The number of aryl methyl sites for hydroxylation is 6. The highest BCUT2D eigenvalue weighted by Crippen LogP contribution is 2.38. The summed E-state index contributed by atoms with van der Waals surface area (Å²) in [4.78, 5) is 0. The fourth-order valence-corrected chi connectivity index (χ4v) is 4.66. The Bertz CT molecular complexity index is 934. The van der Waals surface area contributed by atoms with Gasteiger partial charge in [-0.15, -0.1) is 0 Å². The zero-order valence-electron chi connectivity index (χ0n) is 15.8. The molecule has 1 aromatic carbocycles. The molecule has 0 unspecified atom stereocenters. The molecule has 0 aliphatic carbocycles. The minimum Gasteiger partial charge on any atom is -0.198 e. The molecule has 0 N–H and O–H groups in total. The maximum atomic E-state index is 2.46. The van der Waals surface area contributed by atoms with Crippen molar-refractivity contribution in [2.24, 2.45) is 0 Å². The Morgan fingerprint density at radius 3 is 1.58 bits per heavy atom. The van der Waals surface area contributed by atoms with E-state index in [2.05, 4.69) is 71.8 Å². The number of hydrogen-bond acceptors (Lipinski definition) is 0. The number of fused-ring (bicyclic) bond motifs is 7. The van der Waals surface area contributed by atoms with Crippen molar-refractivity contribution in [3.05, 3.63) is 71.0 Å². The van der Waals surface area contributed by atoms with Crippen LogP contribution in [0.3, 0.4) is 0 Å². The summed E-state index contributed by atoms with van der Waals surface area (Å²) in [6.45, 7) is 6.62. The number of hydrogen-bond donors (Lipinski definition) is 0. The van der Waals surface area contributed by atoms with Gasteiger partial charge in [0.15, 0.2) is 12.4 Å². The molecule has 0 saturated heterocycles. The number of rotatable bonds is 0. The van der Waals surface area contributed by atoms with Crippen LogP contribution in [0.15, 0.2) is 48.8 Å². The van der Waals surface area contributed by atoms with Crippen molar-refractivity contribution in [3.8, 4) is 22.5 Å². The number of nitrogens with zero attached hydrogens (tertiary/aromatic N) is 2. The van der Waals surface area contributed by atoms with Crippen LogP contribution in [0.2, 0.25) is 0 Å². The summed E-state index contributed by atoms with van der Waals surface area (Å²) in [5, 5.41) is 0. The zero-order valence-corrected chi connectivity index (χ0v) is 15.8. The second-order valence-electron chi connectivity index (χ2n) is 7.91. The minimum atomic E-state index is 1.10. The van der Waals surface area contributed by atoms with Crippen LogP contribution < -0.4 is 9.13 Å². The van der Waals surface area contributed by atoms with Gasteiger partial charge in [0.25, 0.3) is 0 Å². The summed E-state index contributed by atoms with van der Waals surface area (Å²) in [5.41, 5.74) is 11.4. The first-order valence-corrected chi connectivity index (χ1v) is 9.86. The molecule has 2 heteroatoms. The summed E-state index contributed by atoms with van der Waals surface area (Å²) in [6.07, 6.45) is 9.30.